The van der Waals surface area contributed by atoms with Crippen LogP contribution in [0.15, 0.2) is 36.7 Å². The molecule has 1 amide bonds. The Balaban J connectivity index is 1.49. The Hall–Kier alpha value is -2.05. The molecule has 1 aliphatic heterocycles. The van der Waals surface area contributed by atoms with Crippen molar-refractivity contribution in [3.05, 3.63) is 46.7 Å². The van der Waals surface area contributed by atoms with E-state index in [1.165, 1.54) is 0 Å². The maximum absolute atomic E-state index is 12.2. The first-order valence-electron chi connectivity index (χ1n) is 7.41. The van der Waals surface area contributed by atoms with Crippen LogP contribution in [0, 0.1) is 0 Å². The quantitative estimate of drug-likeness (QED) is 0.812. The molecule has 24 heavy (non-hydrogen) atoms. The van der Waals surface area contributed by atoms with Gasteiger partial charge in [-0.25, -0.2) is 9.97 Å². The van der Waals surface area contributed by atoms with Gasteiger partial charge in [-0.2, -0.15) is 0 Å². The van der Waals surface area contributed by atoms with E-state index in [2.05, 4.69) is 9.97 Å². The van der Waals surface area contributed by atoms with Gasteiger partial charge in [-0.05, 0) is 24.3 Å². The second-order valence-electron chi connectivity index (χ2n) is 5.26. The zero-order valence-electron chi connectivity index (χ0n) is 12.7. The zero-order chi connectivity index (χ0) is 16.9. The fraction of sp³-hybridized carbons (Fsp3) is 0.312. The fourth-order valence-corrected chi connectivity index (χ4v) is 2.83. The molecule has 1 aromatic heterocycles. The van der Waals surface area contributed by atoms with Crippen LogP contribution in [-0.2, 0) is 4.79 Å². The Morgan fingerprint density at radius 2 is 2.08 bits per heavy atom. The third-order valence-electron chi connectivity index (χ3n) is 3.56. The molecule has 2 heterocycles. The Morgan fingerprint density at radius 1 is 1.29 bits per heavy atom. The van der Waals surface area contributed by atoms with E-state index in [9.17, 15) is 4.79 Å². The molecule has 0 radical (unpaired) electrons. The van der Waals surface area contributed by atoms with Crippen LogP contribution in [0.2, 0.25) is 10.0 Å². The van der Waals surface area contributed by atoms with Crippen LogP contribution in [-0.4, -0.2) is 46.6 Å². The first-order chi connectivity index (χ1) is 11.6. The smallest absolute Gasteiger partial charge is 0.316 e. The van der Waals surface area contributed by atoms with Crippen LogP contribution in [0.4, 0.5) is 0 Å². The van der Waals surface area contributed by atoms with Crippen molar-refractivity contribution in [3.63, 3.8) is 0 Å². The molecular formula is C16H15Cl2N3O3. The second-order valence-corrected chi connectivity index (χ2v) is 6.11. The number of carbonyl (C=O) groups is 1. The van der Waals surface area contributed by atoms with Gasteiger partial charge >= 0.3 is 6.01 Å². The monoisotopic (exact) mass is 367 g/mol. The Kier molecular flexibility index (Phi) is 5.37. The summed E-state index contributed by atoms with van der Waals surface area (Å²) in [6.45, 7) is 0.999. The van der Waals surface area contributed by atoms with E-state index in [1.807, 2.05) is 0 Å². The summed E-state index contributed by atoms with van der Waals surface area (Å²) in [5, 5.41) is 0.889. The summed E-state index contributed by atoms with van der Waals surface area (Å²) < 4.78 is 11.1. The minimum Gasteiger partial charge on any atom is -0.482 e. The predicted octanol–water partition coefficient (Wildman–Crippen LogP) is 2.84. The number of hydrogen-bond donors (Lipinski definition) is 0. The lowest BCUT2D eigenvalue weighted by molar-refractivity contribution is -0.132. The van der Waals surface area contributed by atoms with Crippen molar-refractivity contribution in [2.45, 2.75) is 12.5 Å². The van der Waals surface area contributed by atoms with Crippen molar-refractivity contribution in [1.29, 1.82) is 0 Å². The van der Waals surface area contributed by atoms with Gasteiger partial charge in [-0.1, -0.05) is 23.2 Å². The average Bonchev–Trinajstić information content (AvgIpc) is 3.03. The lowest BCUT2D eigenvalue weighted by Crippen LogP contribution is -2.34. The van der Waals surface area contributed by atoms with Crippen LogP contribution in [0.3, 0.4) is 0 Å². The number of likely N-dealkylation sites (tertiary alicyclic amines) is 1. The Morgan fingerprint density at radius 3 is 2.83 bits per heavy atom. The number of halogens is 2. The first-order valence-corrected chi connectivity index (χ1v) is 8.17. The zero-order valence-corrected chi connectivity index (χ0v) is 14.2. The summed E-state index contributed by atoms with van der Waals surface area (Å²) in [7, 11) is 0. The highest BCUT2D eigenvalue weighted by Crippen LogP contribution is 2.27. The minimum atomic E-state index is -0.124. The van der Waals surface area contributed by atoms with E-state index < -0.39 is 0 Å². The normalized spacial score (nSPS) is 16.9. The predicted molar refractivity (Wildman–Crippen MR) is 89.6 cm³/mol. The number of carbonyl (C=O) groups excluding carboxylic acids is 1. The lowest BCUT2D eigenvalue weighted by atomic mass is 10.3. The summed E-state index contributed by atoms with van der Waals surface area (Å²) >= 11 is 11.8. The van der Waals surface area contributed by atoms with E-state index in [0.717, 1.165) is 6.42 Å². The number of benzene rings is 1. The highest BCUT2D eigenvalue weighted by Gasteiger charge is 2.28. The van der Waals surface area contributed by atoms with Crippen LogP contribution < -0.4 is 9.47 Å². The molecule has 1 unspecified atom stereocenters. The van der Waals surface area contributed by atoms with Crippen molar-refractivity contribution in [1.82, 2.24) is 14.9 Å². The summed E-state index contributed by atoms with van der Waals surface area (Å²) in [6.07, 6.45) is 3.84. The molecule has 0 aliphatic carbocycles. The van der Waals surface area contributed by atoms with Gasteiger partial charge in [0.25, 0.3) is 5.91 Å². The number of aromatic nitrogens is 2. The van der Waals surface area contributed by atoms with E-state index in [0.29, 0.717) is 34.9 Å². The average molecular weight is 368 g/mol. The van der Waals surface area contributed by atoms with Gasteiger partial charge in [0.1, 0.15) is 11.9 Å². The highest BCUT2D eigenvalue weighted by atomic mass is 35.5. The molecule has 126 valence electrons. The number of amides is 1. The Bertz CT molecular complexity index is 715. The topological polar surface area (TPSA) is 64.5 Å². The van der Waals surface area contributed by atoms with Crippen LogP contribution in [0.25, 0.3) is 0 Å². The molecule has 3 rings (SSSR count). The molecule has 8 heteroatoms. The largest absolute Gasteiger partial charge is 0.482 e. The van der Waals surface area contributed by atoms with Gasteiger partial charge in [0.2, 0.25) is 0 Å². The maximum Gasteiger partial charge on any atom is 0.316 e. The van der Waals surface area contributed by atoms with Crippen molar-refractivity contribution in [2.24, 2.45) is 0 Å². The summed E-state index contributed by atoms with van der Waals surface area (Å²) in [4.78, 5) is 22.0. The molecule has 1 fully saturated rings. The van der Waals surface area contributed by atoms with Gasteiger partial charge in [-0.3, -0.25) is 4.79 Å². The van der Waals surface area contributed by atoms with E-state index in [1.54, 1.807) is 41.6 Å². The molecule has 1 atom stereocenters. The van der Waals surface area contributed by atoms with Crippen molar-refractivity contribution < 1.29 is 14.3 Å². The third-order valence-corrected chi connectivity index (χ3v) is 4.09. The van der Waals surface area contributed by atoms with Crippen molar-refractivity contribution >= 4 is 29.1 Å². The molecule has 1 aromatic carbocycles. The number of nitrogens with zero attached hydrogens (tertiary/aromatic N) is 3. The van der Waals surface area contributed by atoms with E-state index >= 15 is 0 Å². The van der Waals surface area contributed by atoms with Gasteiger partial charge in [0.15, 0.2) is 6.61 Å². The SMILES string of the molecule is O=C(COc1ccc(Cl)cc1Cl)N1CCC(Oc2ncccn2)C1. The number of ether oxygens (including phenoxy) is 2. The summed E-state index contributed by atoms with van der Waals surface area (Å²) in [5.74, 6) is 0.306. The molecule has 0 spiro atoms. The van der Waals surface area contributed by atoms with Gasteiger partial charge in [-0.15, -0.1) is 0 Å². The first kappa shape index (κ1) is 16.8. The number of rotatable bonds is 5. The molecule has 0 bridgehead atoms. The van der Waals surface area contributed by atoms with Crippen LogP contribution >= 0.6 is 23.2 Å². The van der Waals surface area contributed by atoms with E-state index in [-0.39, 0.29) is 18.6 Å². The maximum atomic E-state index is 12.2. The third kappa shape index (κ3) is 4.27. The molecular weight excluding hydrogens is 353 g/mol. The van der Waals surface area contributed by atoms with Gasteiger partial charge in [0.05, 0.1) is 11.6 Å². The highest BCUT2D eigenvalue weighted by molar-refractivity contribution is 6.35. The molecule has 0 saturated carbocycles. The van der Waals surface area contributed by atoms with Crippen molar-refractivity contribution in [2.75, 3.05) is 19.7 Å². The van der Waals surface area contributed by atoms with Crippen LogP contribution in [0.1, 0.15) is 6.42 Å². The van der Waals surface area contributed by atoms with Gasteiger partial charge in [0, 0.05) is 30.4 Å². The summed E-state index contributed by atoms with van der Waals surface area (Å²) in [6, 6.07) is 6.91. The Labute approximate surface area is 149 Å². The molecule has 1 saturated heterocycles. The second kappa shape index (κ2) is 7.68. The van der Waals surface area contributed by atoms with E-state index in [4.69, 9.17) is 32.7 Å². The standard InChI is InChI=1S/C16H15Cl2N3O3/c17-11-2-3-14(13(18)8-11)23-10-15(22)21-7-4-12(9-21)24-16-19-5-1-6-20-16/h1-3,5-6,8,12H,4,7,9-10H2. The van der Waals surface area contributed by atoms with Gasteiger partial charge < -0.3 is 14.4 Å². The molecule has 6 nitrogen and oxygen atoms in total. The fourth-order valence-electron chi connectivity index (χ4n) is 2.37. The van der Waals surface area contributed by atoms with Crippen molar-refractivity contribution in [3.8, 4) is 11.8 Å². The lowest BCUT2D eigenvalue weighted by Gasteiger charge is -2.17. The van der Waals surface area contributed by atoms with Crippen LogP contribution in [0.5, 0.6) is 11.8 Å². The molecule has 1 aliphatic rings. The summed E-state index contributed by atoms with van der Waals surface area (Å²) in [5.41, 5.74) is 0. The minimum absolute atomic E-state index is 0.0874. The molecule has 2 aromatic rings. The molecule has 0 N–H and O–H groups in total. The number of hydrogen-bond acceptors (Lipinski definition) is 5.